The van der Waals surface area contributed by atoms with E-state index in [1.807, 2.05) is 0 Å². The van der Waals surface area contributed by atoms with Crippen LogP contribution in [-0.2, 0) is 6.18 Å². The molecule has 2 heterocycles. The SMILES string of the molecule is Cc1nc(-c2ccc(C(F)(F)F)cc2)sc1/N=C/c1ccco1. The largest absolute Gasteiger partial charge is 0.463 e. The Bertz CT molecular complexity index is 818. The summed E-state index contributed by atoms with van der Waals surface area (Å²) in [7, 11) is 0. The summed E-state index contributed by atoms with van der Waals surface area (Å²) in [5.74, 6) is 0.619. The molecule has 23 heavy (non-hydrogen) atoms. The van der Waals surface area contributed by atoms with Crippen molar-refractivity contribution in [1.29, 1.82) is 0 Å². The lowest BCUT2D eigenvalue weighted by molar-refractivity contribution is -0.137. The van der Waals surface area contributed by atoms with Crippen molar-refractivity contribution in [2.24, 2.45) is 4.99 Å². The van der Waals surface area contributed by atoms with Crippen molar-refractivity contribution in [2.75, 3.05) is 0 Å². The molecule has 0 bridgehead atoms. The monoisotopic (exact) mass is 336 g/mol. The summed E-state index contributed by atoms with van der Waals surface area (Å²) >= 11 is 1.32. The molecule has 1 aromatic carbocycles. The number of nitrogens with zero attached hydrogens (tertiary/aromatic N) is 2. The molecule has 0 spiro atoms. The fourth-order valence-corrected chi connectivity index (χ4v) is 2.84. The number of hydrogen-bond donors (Lipinski definition) is 0. The Morgan fingerprint density at radius 1 is 1.17 bits per heavy atom. The van der Waals surface area contributed by atoms with Crippen LogP contribution in [0.4, 0.5) is 18.2 Å². The van der Waals surface area contributed by atoms with E-state index in [-0.39, 0.29) is 0 Å². The molecule has 3 rings (SSSR count). The molecule has 7 heteroatoms. The van der Waals surface area contributed by atoms with Crippen LogP contribution < -0.4 is 0 Å². The van der Waals surface area contributed by atoms with E-state index >= 15 is 0 Å². The highest BCUT2D eigenvalue weighted by Crippen LogP contribution is 2.35. The number of rotatable bonds is 3. The van der Waals surface area contributed by atoms with Gasteiger partial charge in [-0.25, -0.2) is 9.98 Å². The van der Waals surface area contributed by atoms with Gasteiger partial charge in [0.2, 0.25) is 0 Å². The van der Waals surface area contributed by atoms with E-state index in [4.69, 9.17) is 4.42 Å². The average molecular weight is 336 g/mol. The number of halogens is 3. The number of thiazole rings is 1. The number of benzene rings is 1. The molecule has 0 fully saturated rings. The van der Waals surface area contributed by atoms with Crippen LogP contribution >= 0.6 is 11.3 Å². The fraction of sp³-hybridized carbons (Fsp3) is 0.125. The predicted octanol–water partition coefficient (Wildman–Crippen LogP) is 5.48. The molecule has 0 atom stereocenters. The van der Waals surface area contributed by atoms with E-state index in [2.05, 4.69) is 9.98 Å². The van der Waals surface area contributed by atoms with Crippen molar-refractivity contribution >= 4 is 22.6 Å². The zero-order valence-electron chi connectivity index (χ0n) is 12.0. The number of alkyl halides is 3. The highest BCUT2D eigenvalue weighted by Gasteiger charge is 2.30. The first-order chi connectivity index (χ1) is 10.9. The van der Waals surface area contributed by atoms with Crippen molar-refractivity contribution < 1.29 is 17.6 Å². The van der Waals surface area contributed by atoms with Crippen LogP contribution in [0.3, 0.4) is 0 Å². The second kappa shape index (κ2) is 6.00. The molecule has 0 saturated heterocycles. The summed E-state index contributed by atoms with van der Waals surface area (Å²) in [6.45, 7) is 1.80. The topological polar surface area (TPSA) is 38.4 Å². The van der Waals surface area contributed by atoms with Crippen LogP contribution in [0.1, 0.15) is 17.0 Å². The minimum Gasteiger partial charge on any atom is -0.463 e. The average Bonchev–Trinajstić information content (AvgIpc) is 3.14. The summed E-state index contributed by atoms with van der Waals surface area (Å²) in [6, 6.07) is 8.48. The smallest absolute Gasteiger partial charge is 0.416 e. The maximum Gasteiger partial charge on any atom is 0.416 e. The van der Waals surface area contributed by atoms with Gasteiger partial charge < -0.3 is 4.42 Å². The number of hydrogen-bond acceptors (Lipinski definition) is 4. The zero-order chi connectivity index (χ0) is 16.4. The molecule has 2 aromatic heterocycles. The molecular formula is C16H11F3N2OS. The third kappa shape index (κ3) is 3.50. The number of aromatic nitrogens is 1. The minimum atomic E-state index is -4.34. The summed E-state index contributed by atoms with van der Waals surface area (Å²) in [6.07, 6.45) is -1.21. The van der Waals surface area contributed by atoms with Gasteiger partial charge in [0.15, 0.2) is 0 Å². The molecule has 0 amide bonds. The van der Waals surface area contributed by atoms with Gasteiger partial charge in [-0.3, -0.25) is 0 Å². The Kier molecular flexibility index (Phi) is 4.04. The summed E-state index contributed by atoms with van der Waals surface area (Å²) in [4.78, 5) is 8.67. The Hall–Kier alpha value is -2.41. The Balaban J connectivity index is 1.85. The fourth-order valence-electron chi connectivity index (χ4n) is 1.92. The van der Waals surface area contributed by atoms with Gasteiger partial charge in [0.05, 0.1) is 23.7 Å². The Labute approximate surface area is 134 Å². The molecule has 0 saturated carbocycles. The third-order valence-electron chi connectivity index (χ3n) is 3.08. The van der Waals surface area contributed by atoms with E-state index in [0.717, 1.165) is 12.1 Å². The molecule has 3 aromatic rings. The van der Waals surface area contributed by atoms with Crippen molar-refractivity contribution in [2.45, 2.75) is 13.1 Å². The van der Waals surface area contributed by atoms with Gasteiger partial charge in [-0.1, -0.05) is 23.5 Å². The lowest BCUT2D eigenvalue weighted by Gasteiger charge is -2.06. The van der Waals surface area contributed by atoms with Crippen molar-refractivity contribution in [3.05, 3.63) is 59.7 Å². The lowest BCUT2D eigenvalue weighted by atomic mass is 10.1. The summed E-state index contributed by atoms with van der Waals surface area (Å²) in [5.41, 5.74) is 0.670. The van der Waals surface area contributed by atoms with Crippen molar-refractivity contribution in [3.63, 3.8) is 0 Å². The standard InChI is InChI=1S/C16H11F3N2OS/c1-10-14(20-9-13-3-2-8-22-13)23-15(21-10)11-4-6-12(7-5-11)16(17,18)19/h2-9H,1H3/b20-9+. The van der Waals surface area contributed by atoms with Crippen LogP contribution in [0, 0.1) is 6.92 Å². The highest BCUT2D eigenvalue weighted by molar-refractivity contribution is 7.18. The second-order valence-corrected chi connectivity index (χ2v) is 5.74. The van der Waals surface area contributed by atoms with E-state index < -0.39 is 11.7 Å². The molecule has 0 aliphatic heterocycles. The van der Waals surface area contributed by atoms with Crippen LogP contribution in [0.25, 0.3) is 10.6 Å². The van der Waals surface area contributed by atoms with Gasteiger partial charge in [-0.05, 0) is 31.2 Å². The second-order valence-electron chi connectivity index (χ2n) is 4.76. The summed E-state index contributed by atoms with van der Waals surface area (Å²) < 4.78 is 42.9. The molecule has 0 aliphatic carbocycles. The number of furan rings is 1. The maximum atomic E-state index is 12.6. The van der Waals surface area contributed by atoms with Gasteiger partial charge in [-0.2, -0.15) is 13.2 Å². The van der Waals surface area contributed by atoms with Gasteiger partial charge in [0.1, 0.15) is 15.8 Å². The zero-order valence-corrected chi connectivity index (χ0v) is 12.8. The molecule has 0 radical (unpaired) electrons. The van der Waals surface area contributed by atoms with Crippen molar-refractivity contribution in [3.8, 4) is 10.6 Å². The maximum absolute atomic E-state index is 12.6. The number of aliphatic imine (C=N–C) groups is 1. The van der Waals surface area contributed by atoms with Crippen LogP contribution in [0.2, 0.25) is 0 Å². The van der Waals surface area contributed by atoms with E-state index in [9.17, 15) is 13.2 Å². The molecule has 118 valence electrons. The Morgan fingerprint density at radius 3 is 2.52 bits per heavy atom. The molecule has 0 aliphatic rings. The van der Waals surface area contributed by atoms with Gasteiger partial charge in [0, 0.05) is 5.56 Å². The minimum absolute atomic E-state index is 0.619. The van der Waals surface area contributed by atoms with Gasteiger partial charge >= 0.3 is 6.18 Å². The quantitative estimate of drug-likeness (QED) is 0.594. The van der Waals surface area contributed by atoms with E-state index in [1.54, 1.807) is 31.5 Å². The van der Waals surface area contributed by atoms with Crippen molar-refractivity contribution in [1.82, 2.24) is 4.98 Å². The van der Waals surface area contributed by atoms with Crippen LogP contribution in [-0.4, -0.2) is 11.2 Å². The molecule has 0 unspecified atom stereocenters. The van der Waals surface area contributed by atoms with Crippen LogP contribution in [0.15, 0.2) is 52.1 Å². The summed E-state index contributed by atoms with van der Waals surface area (Å²) in [5, 5.41) is 1.32. The normalized spacial score (nSPS) is 12.2. The van der Waals surface area contributed by atoms with Gasteiger partial charge in [0.25, 0.3) is 0 Å². The third-order valence-corrected chi connectivity index (χ3v) is 4.20. The number of aryl methyl sites for hydroxylation is 1. The highest BCUT2D eigenvalue weighted by atomic mass is 32.1. The predicted molar refractivity (Wildman–Crippen MR) is 83.3 cm³/mol. The van der Waals surface area contributed by atoms with Crippen LogP contribution in [0.5, 0.6) is 0 Å². The first-order valence-corrected chi connectivity index (χ1v) is 7.48. The molecule has 0 N–H and O–H groups in total. The first-order valence-electron chi connectivity index (χ1n) is 6.66. The van der Waals surface area contributed by atoms with Gasteiger partial charge in [-0.15, -0.1) is 0 Å². The van der Waals surface area contributed by atoms with E-state index in [0.29, 0.717) is 27.0 Å². The van der Waals surface area contributed by atoms with E-state index in [1.165, 1.54) is 23.5 Å². The molecule has 3 nitrogen and oxygen atoms in total. The Morgan fingerprint density at radius 2 is 1.91 bits per heavy atom. The molecular weight excluding hydrogens is 325 g/mol. The lowest BCUT2D eigenvalue weighted by Crippen LogP contribution is -2.03. The first kappa shape index (κ1) is 15.5.